The summed E-state index contributed by atoms with van der Waals surface area (Å²) in [6.45, 7) is 6.23. The van der Waals surface area contributed by atoms with Gasteiger partial charge in [-0.1, -0.05) is 23.2 Å². The van der Waals surface area contributed by atoms with Gasteiger partial charge in [-0.3, -0.25) is 4.79 Å². The van der Waals surface area contributed by atoms with E-state index in [1.54, 1.807) is 23.1 Å². The summed E-state index contributed by atoms with van der Waals surface area (Å²) in [5.74, 6) is -0.242. The van der Waals surface area contributed by atoms with Crippen LogP contribution in [0.25, 0.3) is 0 Å². The molecule has 0 unspecified atom stereocenters. The van der Waals surface area contributed by atoms with Crippen molar-refractivity contribution in [2.24, 2.45) is 0 Å². The highest BCUT2D eigenvalue weighted by atomic mass is 35.5. The summed E-state index contributed by atoms with van der Waals surface area (Å²) in [6.07, 6.45) is 0.285. The molecule has 0 bridgehead atoms. The highest BCUT2D eigenvalue weighted by Gasteiger charge is 2.38. The molecule has 20 heavy (non-hydrogen) atoms. The average molecular weight is 315 g/mol. The molecule has 2 rings (SSSR count). The van der Waals surface area contributed by atoms with Gasteiger partial charge < -0.3 is 4.90 Å². The topological polar surface area (TPSA) is 40.6 Å². The number of carbonyl (C=O) groups excluding carboxylic acids is 2. The monoisotopic (exact) mass is 314 g/mol. The molecule has 0 radical (unpaired) electrons. The van der Waals surface area contributed by atoms with Crippen molar-refractivity contribution in [2.45, 2.75) is 32.7 Å². The fourth-order valence-electron chi connectivity index (χ4n) is 2.19. The van der Waals surface area contributed by atoms with Crippen molar-refractivity contribution >= 4 is 40.8 Å². The molecule has 108 valence electrons. The summed E-state index contributed by atoms with van der Waals surface area (Å²) >= 11 is 11.9. The first-order chi connectivity index (χ1) is 9.20. The Morgan fingerprint density at radius 3 is 2.10 bits per heavy atom. The zero-order valence-corrected chi connectivity index (χ0v) is 13.1. The number of benzene rings is 1. The predicted octanol–water partition coefficient (Wildman–Crippen LogP) is 3.95. The van der Waals surface area contributed by atoms with E-state index in [1.807, 2.05) is 20.8 Å². The molecule has 1 aliphatic heterocycles. The van der Waals surface area contributed by atoms with Crippen LogP contribution in [0.5, 0.6) is 0 Å². The number of hydrogen-bond acceptors (Lipinski definition) is 2. The molecular formula is C14H16Cl2N2O2. The molecule has 1 saturated heterocycles. The van der Waals surface area contributed by atoms with E-state index in [1.165, 1.54) is 0 Å². The van der Waals surface area contributed by atoms with Gasteiger partial charge >= 0.3 is 6.03 Å². The van der Waals surface area contributed by atoms with E-state index in [0.717, 1.165) is 4.90 Å². The Morgan fingerprint density at radius 2 is 1.60 bits per heavy atom. The van der Waals surface area contributed by atoms with Crippen molar-refractivity contribution in [3.05, 3.63) is 28.2 Å². The van der Waals surface area contributed by atoms with Crippen molar-refractivity contribution in [3.63, 3.8) is 0 Å². The Bertz CT molecular complexity index is 547. The first kappa shape index (κ1) is 15.1. The van der Waals surface area contributed by atoms with Crippen LogP contribution in [0.3, 0.4) is 0 Å². The lowest BCUT2D eigenvalue weighted by molar-refractivity contribution is -0.119. The Hall–Kier alpha value is -1.26. The molecule has 1 heterocycles. The largest absolute Gasteiger partial charge is 0.331 e. The van der Waals surface area contributed by atoms with E-state index in [0.29, 0.717) is 22.3 Å². The number of amides is 3. The maximum atomic E-state index is 12.6. The van der Waals surface area contributed by atoms with Crippen LogP contribution in [-0.4, -0.2) is 28.9 Å². The number of nitrogens with zero attached hydrogens (tertiary/aromatic N) is 2. The summed E-state index contributed by atoms with van der Waals surface area (Å²) in [6, 6.07) is 4.35. The minimum atomic E-state index is -0.349. The molecule has 0 aliphatic carbocycles. The fourth-order valence-corrected chi connectivity index (χ4v) is 2.70. The number of imide groups is 1. The lowest BCUT2D eigenvalue weighted by atomic mass is 10.0. The van der Waals surface area contributed by atoms with Gasteiger partial charge in [0.05, 0.1) is 5.69 Å². The second-order valence-corrected chi connectivity index (χ2v) is 6.58. The number of urea groups is 1. The van der Waals surface area contributed by atoms with E-state index in [2.05, 4.69) is 0 Å². The first-order valence-electron chi connectivity index (χ1n) is 6.31. The van der Waals surface area contributed by atoms with Crippen LogP contribution >= 0.6 is 23.2 Å². The zero-order valence-electron chi connectivity index (χ0n) is 11.6. The van der Waals surface area contributed by atoms with Crippen molar-refractivity contribution in [1.82, 2.24) is 4.90 Å². The Balaban J connectivity index is 2.42. The van der Waals surface area contributed by atoms with Crippen molar-refractivity contribution in [2.75, 3.05) is 11.4 Å². The molecule has 1 aromatic carbocycles. The molecule has 4 nitrogen and oxygen atoms in total. The number of anilines is 1. The number of halogens is 2. The number of rotatable bonds is 1. The van der Waals surface area contributed by atoms with Crippen LogP contribution in [-0.2, 0) is 4.79 Å². The van der Waals surface area contributed by atoms with Gasteiger partial charge in [0.1, 0.15) is 0 Å². The summed E-state index contributed by atoms with van der Waals surface area (Å²) in [5.41, 5.74) is 0.0599. The van der Waals surface area contributed by atoms with Crippen LogP contribution in [0, 0.1) is 0 Å². The fraction of sp³-hybridized carbons (Fsp3) is 0.429. The van der Waals surface area contributed by atoms with Gasteiger partial charge in [0.15, 0.2) is 0 Å². The van der Waals surface area contributed by atoms with Crippen molar-refractivity contribution in [3.8, 4) is 0 Å². The van der Waals surface area contributed by atoms with Gasteiger partial charge in [0, 0.05) is 28.5 Å². The van der Waals surface area contributed by atoms with E-state index in [-0.39, 0.29) is 23.9 Å². The summed E-state index contributed by atoms with van der Waals surface area (Å²) in [5, 5.41) is 0.780. The lowest BCUT2D eigenvalue weighted by Gasteiger charge is -2.42. The summed E-state index contributed by atoms with van der Waals surface area (Å²) in [4.78, 5) is 27.5. The number of hydrogen-bond donors (Lipinski definition) is 0. The molecule has 1 fully saturated rings. The van der Waals surface area contributed by atoms with Gasteiger partial charge in [-0.2, -0.15) is 0 Å². The molecule has 0 N–H and O–H groups in total. The van der Waals surface area contributed by atoms with Gasteiger partial charge in [0.2, 0.25) is 5.91 Å². The lowest BCUT2D eigenvalue weighted by Crippen LogP contribution is -2.58. The Kier molecular flexibility index (Phi) is 3.98. The van der Waals surface area contributed by atoms with Crippen LogP contribution in [0.15, 0.2) is 18.2 Å². The predicted molar refractivity (Wildman–Crippen MR) is 80.4 cm³/mol. The minimum Gasteiger partial charge on any atom is -0.319 e. The van der Waals surface area contributed by atoms with Gasteiger partial charge in [-0.05, 0) is 39.0 Å². The third-order valence-electron chi connectivity index (χ3n) is 3.14. The summed E-state index contributed by atoms with van der Waals surface area (Å²) in [7, 11) is 0. The quantitative estimate of drug-likeness (QED) is 0.787. The second kappa shape index (κ2) is 5.26. The van der Waals surface area contributed by atoms with Crippen molar-refractivity contribution in [1.29, 1.82) is 0 Å². The molecule has 0 atom stereocenters. The summed E-state index contributed by atoms with van der Waals surface area (Å²) < 4.78 is 0. The first-order valence-corrected chi connectivity index (χ1v) is 7.06. The normalized spacial score (nSPS) is 16.9. The maximum absolute atomic E-state index is 12.6. The van der Waals surface area contributed by atoms with Crippen molar-refractivity contribution < 1.29 is 9.59 Å². The third-order valence-corrected chi connectivity index (χ3v) is 3.57. The molecule has 1 aliphatic rings. The highest BCUT2D eigenvalue weighted by Crippen LogP contribution is 2.30. The molecule has 0 saturated carbocycles. The van der Waals surface area contributed by atoms with Gasteiger partial charge in [-0.25, -0.2) is 9.69 Å². The number of carbonyl (C=O) groups is 2. The molecule has 6 heteroatoms. The Labute approximate surface area is 128 Å². The van der Waals surface area contributed by atoms with Crippen LogP contribution < -0.4 is 4.90 Å². The molecule has 3 amide bonds. The average Bonchev–Trinajstić information content (AvgIpc) is 2.25. The molecule has 0 aromatic heterocycles. The van der Waals surface area contributed by atoms with Crippen LogP contribution in [0.4, 0.5) is 10.5 Å². The minimum absolute atomic E-state index is 0.242. The smallest absolute Gasteiger partial charge is 0.319 e. The third kappa shape index (κ3) is 2.91. The second-order valence-electron chi connectivity index (χ2n) is 5.71. The highest BCUT2D eigenvalue weighted by molar-refractivity contribution is 6.35. The van der Waals surface area contributed by atoms with E-state index in [9.17, 15) is 9.59 Å². The Morgan fingerprint density at radius 1 is 1.05 bits per heavy atom. The van der Waals surface area contributed by atoms with E-state index < -0.39 is 0 Å². The van der Waals surface area contributed by atoms with E-state index >= 15 is 0 Å². The SMILES string of the molecule is CC(C)(C)N1CCC(=O)N(c2cc(Cl)cc(Cl)c2)C1=O. The van der Waals surface area contributed by atoms with Crippen LogP contribution in [0.2, 0.25) is 10.0 Å². The maximum Gasteiger partial charge on any atom is 0.331 e. The molecular weight excluding hydrogens is 299 g/mol. The standard InChI is InChI=1S/C14H16Cl2N2O2/c1-14(2,3)17-5-4-12(19)18(13(17)20)11-7-9(15)6-10(16)8-11/h6-8H,4-5H2,1-3H3. The van der Waals surface area contributed by atoms with Crippen LogP contribution in [0.1, 0.15) is 27.2 Å². The van der Waals surface area contributed by atoms with Gasteiger partial charge in [-0.15, -0.1) is 0 Å². The van der Waals surface area contributed by atoms with Gasteiger partial charge in [0.25, 0.3) is 0 Å². The molecule has 0 spiro atoms. The molecule has 1 aromatic rings. The zero-order chi connectivity index (χ0) is 15.1. The van der Waals surface area contributed by atoms with E-state index in [4.69, 9.17) is 23.2 Å².